The summed E-state index contributed by atoms with van der Waals surface area (Å²) in [7, 11) is 0. The second-order valence-corrected chi connectivity index (χ2v) is 6.42. The Morgan fingerprint density at radius 2 is 1.70 bits per heavy atom. The van der Waals surface area contributed by atoms with Gasteiger partial charge in [0, 0.05) is 24.7 Å². The number of para-hydroxylation sites is 1. The van der Waals surface area contributed by atoms with E-state index in [-0.39, 0.29) is 36.4 Å². The molecular formula is C20H23F3N2O2. The quantitative estimate of drug-likeness (QED) is 0.749. The molecule has 0 heterocycles. The van der Waals surface area contributed by atoms with Crippen LogP contribution in [0.3, 0.4) is 0 Å². The maximum Gasteiger partial charge on any atom is 0.573 e. The van der Waals surface area contributed by atoms with Crippen LogP contribution in [0.1, 0.15) is 25.0 Å². The first-order chi connectivity index (χ1) is 12.7. The molecule has 27 heavy (non-hydrogen) atoms. The molecule has 0 bridgehead atoms. The van der Waals surface area contributed by atoms with E-state index in [1.807, 2.05) is 49.1 Å². The summed E-state index contributed by atoms with van der Waals surface area (Å²) < 4.78 is 41.4. The van der Waals surface area contributed by atoms with Gasteiger partial charge in [-0.15, -0.1) is 13.2 Å². The Morgan fingerprint density at radius 1 is 1.07 bits per heavy atom. The SMILES string of the molecule is CC(C)N(CC(=O)NCc1ccccc1OC(F)(F)F)Cc1ccccc1. The molecule has 0 aliphatic rings. The molecule has 0 radical (unpaired) electrons. The average molecular weight is 380 g/mol. The van der Waals surface area contributed by atoms with E-state index in [9.17, 15) is 18.0 Å². The second kappa shape index (κ2) is 9.41. The standard InChI is InChI=1S/C20H23F3N2O2/c1-15(2)25(13-16-8-4-3-5-9-16)14-19(26)24-12-17-10-6-7-11-18(17)27-20(21,22)23/h3-11,15H,12-14H2,1-2H3,(H,24,26). The molecule has 4 nitrogen and oxygen atoms in total. The number of alkyl halides is 3. The molecule has 2 aromatic rings. The van der Waals surface area contributed by atoms with Gasteiger partial charge in [-0.2, -0.15) is 0 Å². The maximum absolute atomic E-state index is 12.5. The van der Waals surface area contributed by atoms with E-state index < -0.39 is 6.36 Å². The van der Waals surface area contributed by atoms with Crippen molar-refractivity contribution in [3.63, 3.8) is 0 Å². The molecule has 1 N–H and O–H groups in total. The minimum absolute atomic E-state index is 0.0393. The average Bonchev–Trinajstić information content (AvgIpc) is 2.60. The fourth-order valence-corrected chi connectivity index (χ4v) is 2.55. The fourth-order valence-electron chi connectivity index (χ4n) is 2.55. The number of hydrogen-bond acceptors (Lipinski definition) is 3. The van der Waals surface area contributed by atoms with Crippen LogP contribution in [0.2, 0.25) is 0 Å². The summed E-state index contributed by atoms with van der Waals surface area (Å²) in [6, 6.07) is 15.7. The number of ether oxygens (including phenoxy) is 1. The smallest absolute Gasteiger partial charge is 0.405 e. The van der Waals surface area contributed by atoms with Crippen molar-refractivity contribution in [1.29, 1.82) is 0 Å². The molecule has 1 amide bonds. The number of carbonyl (C=O) groups is 1. The van der Waals surface area contributed by atoms with E-state index in [4.69, 9.17) is 0 Å². The lowest BCUT2D eigenvalue weighted by Crippen LogP contribution is -2.40. The monoisotopic (exact) mass is 380 g/mol. The van der Waals surface area contributed by atoms with Gasteiger partial charge in [-0.05, 0) is 25.5 Å². The van der Waals surface area contributed by atoms with Gasteiger partial charge in [0.05, 0.1) is 6.54 Å². The van der Waals surface area contributed by atoms with Gasteiger partial charge in [0.25, 0.3) is 0 Å². The third-order valence-corrected chi connectivity index (χ3v) is 3.98. The largest absolute Gasteiger partial charge is 0.573 e. The number of rotatable bonds is 8. The van der Waals surface area contributed by atoms with E-state index in [0.717, 1.165) is 5.56 Å². The molecule has 0 saturated carbocycles. The van der Waals surface area contributed by atoms with Crippen molar-refractivity contribution < 1.29 is 22.7 Å². The maximum atomic E-state index is 12.5. The highest BCUT2D eigenvalue weighted by molar-refractivity contribution is 5.78. The lowest BCUT2D eigenvalue weighted by molar-refractivity contribution is -0.274. The molecule has 0 spiro atoms. The topological polar surface area (TPSA) is 41.6 Å². The lowest BCUT2D eigenvalue weighted by Gasteiger charge is -2.26. The van der Waals surface area contributed by atoms with E-state index in [2.05, 4.69) is 10.1 Å². The molecule has 0 aliphatic carbocycles. The van der Waals surface area contributed by atoms with Gasteiger partial charge in [-0.1, -0.05) is 48.5 Å². The third-order valence-electron chi connectivity index (χ3n) is 3.98. The van der Waals surface area contributed by atoms with Gasteiger partial charge < -0.3 is 10.1 Å². The Hall–Kier alpha value is -2.54. The first kappa shape index (κ1) is 20.8. The van der Waals surface area contributed by atoms with Crippen LogP contribution in [-0.4, -0.2) is 29.8 Å². The van der Waals surface area contributed by atoms with Crippen molar-refractivity contribution in [2.45, 2.75) is 39.3 Å². The number of hydrogen-bond donors (Lipinski definition) is 1. The summed E-state index contributed by atoms with van der Waals surface area (Å²) in [5.74, 6) is -0.572. The van der Waals surface area contributed by atoms with Gasteiger partial charge >= 0.3 is 6.36 Å². The van der Waals surface area contributed by atoms with E-state index in [0.29, 0.717) is 6.54 Å². The Bertz CT molecular complexity index is 734. The molecule has 146 valence electrons. The van der Waals surface area contributed by atoms with Crippen molar-refractivity contribution in [3.8, 4) is 5.75 Å². The molecule has 0 aromatic heterocycles. The highest BCUT2D eigenvalue weighted by Gasteiger charge is 2.32. The first-order valence-electron chi connectivity index (χ1n) is 8.63. The molecule has 0 atom stereocenters. The van der Waals surface area contributed by atoms with Crippen molar-refractivity contribution in [1.82, 2.24) is 10.2 Å². The summed E-state index contributed by atoms with van der Waals surface area (Å²) >= 11 is 0. The van der Waals surface area contributed by atoms with Crippen LogP contribution >= 0.6 is 0 Å². The number of benzene rings is 2. The van der Waals surface area contributed by atoms with Crippen molar-refractivity contribution >= 4 is 5.91 Å². The van der Waals surface area contributed by atoms with E-state index in [1.165, 1.54) is 18.2 Å². The van der Waals surface area contributed by atoms with Gasteiger partial charge in [0.1, 0.15) is 5.75 Å². The van der Waals surface area contributed by atoms with Gasteiger partial charge in [-0.25, -0.2) is 0 Å². The molecule has 7 heteroatoms. The predicted molar refractivity (Wildman–Crippen MR) is 97.0 cm³/mol. The number of nitrogens with one attached hydrogen (secondary N) is 1. The van der Waals surface area contributed by atoms with Gasteiger partial charge in [0.15, 0.2) is 0 Å². The molecule has 2 aromatic carbocycles. The molecule has 0 aliphatic heterocycles. The highest BCUT2D eigenvalue weighted by atomic mass is 19.4. The Labute approximate surface area is 156 Å². The molecule has 2 rings (SSSR count). The van der Waals surface area contributed by atoms with Crippen molar-refractivity contribution in [3.05, 3.63) is 65.7 Å². The van der Waals surface area contributed by atoms with Crippen LogP contribution < -0.4 is 10.1 Å². The van der Waals surface area contributed by atoms with Crippen LogP contribution in [0.25, 0.3) is 0 Å². The van der Waals surface area contributed by atoms with Crippen LogP contribution in [0.4, 0.5) is 13.2 Å². The summed E-state index contributed by atoms with van der Waals surface area (Å²) in [6.45, 7) is 4.70. The number of carbonyl (C=O) groups excluding carboxylic acids is 1. The van der Waals surface area contributed by atoms with Crippen LogP contribution in [0.5, 0.6) is 5.75 Å². The Balaban J connectivity index is 1.95. The summed E-state index contributed by atoms with van der Waals surface area (Å²) in [5.41, 5.74) is 1.35. The first-order valence-corrected chi connectivity index (χ1v) is 8.63. The minimum atomic E-state index is -4.77. The molecule has 0 unspecified atom stereocenters. The fraction of sp³-hybridized carbons (Fsp3) is 0.350. The number of amides is 1. The van der Waals surface area contributed by atoms with Gasteiger partial charge in [-0.3, -0.25) is 9.69 Å². The lowest BCUT2D eigenvalue weighted by atomic mass is 10.2. The predicted octanol–water partition coefficient (Wildman–Crippen LogP) is 4.11. The zero-order valence-corrected chi connectivity index (χ0v) is 15.3. The normalized spacial score (nSPS) is 11.7. The highest BCUT2D eigenvalue weighted by Crippen LogP contribution is 2.26. The summed E-state index contributed by atoms with van der Waals surface area (Å²) in [4.78, 5) is 14.3. The van der Waals surface area contributed by atoms with Crippen LogP contribution in [-0.2, 0) is 17.9 Å². The zero-order chi connectivity index (χ0) is 19.9. The molecule has 0 fully saturated rings. The minimum Gasteiger partial charge on any atom is -0.405 e. The number of nitrogens with zero attached hydrogens (tertiary/aromatic N) is 1. The summed E-state index contributed by atoms with van der Waals surface area (Å²) in [6.07, 6.45) is -4.77. The van der Waals surface area contributed by atoms with Crippen LogP contribution in [0, 0.1) is 0 Å². The Kier molecular flexibility index (Phi) is 7.24. The molecular weight excluding hydrogens is 357 g/mol. The van der Waals surface area contributed by atoms with Gasteiger partial charge in [0.2, 0.25) is 5.91 Å². The summed E-state index contributed by atoms with van der Waals surface area (Å²) in [5, 5.41) is 2.67. The third kappa shape index (κ3) is 7.30. The van der Waals surface area contributed by atoms with Crippen LogP contribution in [0.15, 0.2) is 54.6 Å². The van der Waals surface area contributed by atoms with Crippen molar-refractivity contribution in [2.75, 3.05) is 6.54 Å². The van der Waals surface area contributed by atoms with Crippen molar-refractivity contribution in [2.24, 2.45) is 0 Å². The van der Waals surface area contributed by atoms with E-state index in [1.54, 1.807) is 6.07 Å². The number of halogens is 3. The second-order valence-electron chi connectivity index (χ2n) is 6.42. The molecule has 0 saturated heterocycles. The van der Waals surface area contributed by atoms with E-state index >= 15 is 0 Å². The zero-order valence-electron chi connectivity index (χ0n) is 15.3. The Morgan fingerprint density at radius 3 is 2.33 bits per heavy atom.